The average molecular weight is 761 g/mol. The lowest BCUT2D eigenvalue weighted by Gasteiger charge is -2.32. The Balaban J connectivity index is 0.888. The number of nitrogens with zero attached hydrogens (tertiary/aromatic N) is 4. The largest absolute Gasteiger partial charge is 0.350 e. The number of aromatic nitrogens is 2. The third kappa shape index (κ3) is 5.87. The van der Waals surface area contributed by atoms with Gasteiger partial charge in [-0.25, -0.2) is 9.98 Å². The first-order valence-electron chi connectivity index (χ1n) is 20.5. The molecule has 3 aliphatic heterocycles. The van der Waals surface area contributed by atoms with Crippen LogP contribution < -0.4 is 10.6 Å². The maximum atomic E-state index is 5.45. The molecular formula is C53H40N6. The first-order valence-corrected chi connectivity index (χ1v) is 20.5. The minimum Gasteiger partial charge on any atom is -0.350 e. The molecule has 6 heteroatoms. The lowest BCUT2D eigenvalue weighted by molar-refractivity contribution is 0.409. The summed E-state index contributed by atoms with van der Waals surface area (Å²) < 4.78 is 2.38. The molecule has 1 saturated heterocycles. The molecule has 2 N–H and O–H groups in total. The van der Waals surface area contributed by atoms with E-state index in [0.717, 1.165) is 69.3 Å². The molecule has 12 rings (SSSR count). The van der Waals surface area contributed by atoms with Gasteiger partial charge in [0.15, 0.2) is 0 Å². The van der Waals surface area contributed by atoms with Gasteiger partial charge in [-0.05, 0) is 62.0 Å². The van der Waals surface area contributed by atoms with Crippen molar-refractivity contribution in [3.8, 4) is 39.3 Å². The number of benzene rings is 8. The molecular weight excluding hydrogens is 721 g/mol. The summed E-state index contributed by atoms with van der Waals surface area (Å²) in [6.07, 6.45) is -0.314. The van der Waals surface area contributed by atoms with Crippen molar-refractivity contribution in [1.29, 1.82) is 0 Å². The van der Waals surface area contributed by atoms with Crippen LogP contribution in [0.15, 0.2) is 193 Å². The van der Waals surface area contributed by atoms with Crippen LogP contribution in [0.4, 0.5) is 0 Å². The molecule has 0 aliphatic carbocycles. The zero-order valence-electron chi connectivity index (χ0n) is 32.3. The molecule has 4 atom stereocenters. The lowest BCUT2D eigenvalue weighted by atomic mass is 9.96. The van der Waals surface area contributed by atoms with Crippen LogP contribution in [0.25, 0.3) is 61.1 Å². The number of aliphatic imine (C=N–C) groups is 1. The predicted molar refractivity (Wildman–Crippen MR) is 239 cm³/mol. The summed E-state index contributed by atoms with van der Waals surface area (Å²) in [5.41, 5.74) is 15.4. The van der Waals surface area contributed by atoms with E-state index in [0.29, 0.717) is 6.04 Å². The number of amidine groups is 1. The molecule has 0 saturated carbocycles. The fourth-order valence-corrected chi connectivity index (χ4v) is 9.30. The molecule has 8 aromatic carbocycles. The average Bonchev–Trinajstić information content (AvgIpc) is 3.79. The van der Waals surface area contributed by atoms with Gasteiger partial charge in [0.25, 0.3) is 0 Å². The molecule has 3 unspecified atom stereocenters. The second kappa shape index (κ2) is 13.8. The molecule has 0 bridgehead atoms. The van der Waals surface area contributed by atoms with Gasteiger partial charge in [-0.1, -0.05) is 176 Å². The summed E-state index contributed by atoms with van der Waals surface area (Å²) in [4.78, 5) is 13.2. The van der Waals surface area contributed by atoms with E-state index < -0.39 is 0 Å². The van der Waals surface area contributed by atoms with Gasteiger partial charge in [0, 0.05) is 41.3 Å². The Morgan fingerprint density at radius 1 is 0.508 bits per heavy atom. The summed E-state index contributed by atoms with van der Waals surface area (Å²) in [6.45, 7) is 2.12. The molecule has 0 spiro atoms. The Hall–Kier alpha value is -7.12. The van der Waals surface area contributed by atoms with Gasteiger partial charge in [-0.15, -0.1) is 0 Å². The van der Waals surface area contributed by atoms with Gasteiger partial charge in [0.1, 0.15) is 24.0 Å². The standard InChI is InChI=1S/C53H40N6/c1-4-12-34(13-5-1)35-20-24-39(25-21-35)51-55-50(38-14-6-2-7-15-38)56-52(57-51)40-26-22-36(23-27-40)37-28-30-42(31-29-37)59-49-44-19-11-10-18-43(44)47-45(32-58-33-46(47)58)48(49)54-53(59)41-16-8-3-9-17-41/h1-31,46,50-51,55H,32-33H2,(H,56,57)/t46?,50?,51?,58-/m0/s1. The summed E-state index contributed by atoms with van der Waals surface area (Å²) >= 11 is 0. The minimum absolute atomic E-state index is 0.101. The van der Waals surface area contributed by atoms with E-state index in [1.54, 1.807) is 0 Å². The molecule has 1 aromatic heterocycles. The number of imidazole rings is 1. The van der Waals surface area contributed by atoms with Crippen LogP contribution in [0, 0.1) is 0 Å². The van der Waals surface area contributed by atoms with E-state index >= 15 is 0 Å². The highest BCUT2D eigenvalue weighted by atomic mass is 15.3. The van der Waals surface area contributed by atoms with Gasteiger partial charge >= 0.3 is 0 Å². The second-order valence-electron chi connectivity index (χ2n) is 15.9. The molecule has 1 fully saturated rings. The van der Waals surface area contributed by atoms with Crippen molar-refractivity contribution < 1.29 is 0 Å². The summed E-state index contributed by atoms with van der Waals surface area (Å²) in [7, 11) is 0. The fraction of sp³-hybridized carbons (Fsp3) is 0.0943. The van der Waals surface area contributed by atoms with E-state index in [1.165, 1.54) is 38.5 Å². The van der Waals surface area contributed by atoms with Crippen molar-refractivity contribution in [2.75, 3.05) is 6.54 Å². The van der Waals surface area contributed by atoms with Gasteiger partial charge < -0.3 is 5.32 Å². The van der Waals surface area contributed by atoms with Crippen molar-refractivity contribution in [3.63, 3.8) is 0 Å². The monoisotopic (exact) mass is 760 g/mol. The number of fused-ring (bicyclic) bond motifs is 8. The summed E-state index contributed by atoms with van der Waals surface area (Å²) in [6, 6.07) is 67.6. The van der Waals surface area contributed by atoms with Crippen molar-refractivity contribution in [3.05, 3.63) is 216 Å². The quantitative estimate of drug-likeness (QED) is 0.159. The van der Waals surface area contributed by atoms with Crippen LogP contribution in [-0.2, 0) is 6.54 Å². The van der Waals surface area contributed by atoms with Crippen LogP contribution >= 0.6 is 0 Å². The van der Waals surface area contributed by atoms with E-state index in [-0.39, 0.29) is 12.3 Å². The Labute approximate surface area is 343 Å². The highest BCUT2D eigenvalue weighted by molar-refractivity contribution is 6.10. The Morgan fingerprint density at radius 2 is 1.07 bits per heavy atom. The van der Waals surface area contributed by atoms with Gasteiger partial charge in [-0.3, -0.25) is 14.8 Å². The zero-order chi connectivity index (χ0) is 38.9. The molecule has 0 amide bonds. The molecule has 4 heterocycles. The molecule has 3 aliphatic rings. The van der Waals surface area contributed by atoms with E-state index in [1.807, 2.05) is 0 Å². The highest BCUT2D eigenvalue weighted by Crippen LogP contribution is 2.51. The van der Waals surface area contributed by atoms with E-state index in [2.05, 4.69) is 208 Å². The summed E-state index contributed by atoms with van der Waals surface area (Å²) in [5.74, 6) is 1.84. The maximum absolute atomic E-state index is 5.45. The highest BCUT2D eigenvalue weighted by Gasteiger charge is 2.45. The third-order valence-electron chi connectivity index (χ3n) is 12.3. The van der Waals surface area contributed by atoms with Crippen LogP contribution in [0.3, 0.4) is 0 Å². The van der Waals surface area contributed by atoms with Gasteiger partial charge in [0.2, 0.25) is 0 Å². The number of hydrogen-bond acceptors (Lipinski definition) is 5. The topological polar surface area (TPSA) is 57.2 Å². The maximum Gasteiger partial charge on any atom is 0.145 e. The van der Waals surface area contributed by atoms with Crippen molar-refractivity contribution in [2.24, 2.45) is 4.99 Å². The predicted octanol–water partition coefficient (Wildman–Crippen LogP) is 11.4. The van der Waals surface area contributed by atoms with Gasteiger partial charge in [-0.2, -0.15) is 0 Å². The van der Waals surface area contributed by atoms with Gasteiger partial charge in [0.05, 0.1) is 11.0 Å². The Kier molecular flexibility index (Phi) is 7.93. The van der Waals surface area contributed by atoms with Crippen LogP contribution in [0.5, 0.6) is 0 Å². The normalized spacial score (nSPS) is 19.2. The van der Waals surface area contributed by atoms with E-state index in [4.69, 9.17) is 9.98 Å². The first-order chi connectivity index (χ1) is 29.2. The smallest absolute Gasteiger partial charge is 0.145 e. The number of rotatable bonds is 7. The van der Waals surface area contributed by atoms with Crippen molar-refractivity contribution in [1.82, 2.24) is 25.1 Å². The van der Waals surface area contributed by atoms with Crippen molar-refractivity contribution >= 4 is 27.6 Å². The zero-order valence-corrected chi connectivity index (χ0v) is 32.3. The van der Waals surface area contributed by atoms with Crippen LogP contribution in [0.1, 0.15) is 46.2 Å². The SMILES string of the molecule is c1ccc(-c2ccc(C3N=C(c4ccc(-c5ccc(-n6c(-c7ccccc7)nc7c8c(c9ccccc9c76)C6C[N@]6C8)cc5)cc4)NC(c4ccccc4)N3)cc2)cc1. The van der Waals surface area contributed by atoms with Crippen molar-refractivity contribution in [2.45, 2.75) is 24.9 Å². The lowest BCUT2D eigenvalue weighted by Crippen LogP contribution is -2.44. The molecule has 0 radical (unpaired) electrons. The Morgan fingerprint density at radius 3 is 1.76 bits per heavy atom. The molecule has 9 aromatic rings. The van der Waals surface area contributed by atoms with Crippen LogP contribution in [-0.4, -0.2) is 26.8 Å². The van der Waals surface area contributed by atoms with E-state index in [9.17, 15) is 0 Å². The fourth-order valence-electron chi connectivity index (χ4n) is 9.30. The van der Waals surface area contributed by atoms with Crippen LogP contribution in [0.2, 0.25) is 0 Å². The minimum atomic E-state index is -0.213. The Bertz CT molecular complexity index is 3030. The first kappa shape index (κ1) is 34.0. The molecule has 59 heavy (non-hydrogen) atoms. The molecule has 282 valence electrons. The number of hydrogen-bond donors (Lipinski definition) is 2. The third-order valence-corrected chi connectivity index (χ3v) is 12.3. The number of nitrogens with one attached hydrogen (secondary N) is 2. The summed E-state index contributed by atoms with van der Waals surface area (Å²) in [5, 5.41) is 10.1. The molecule has 6 nitrogen and oxygen atoms in total. The second-order valence-corrected chi connectivity index (χ2v) is 15.9.